The Morgan fingerprint density at radius 2 is 1.48 bits per heavy atom. The summed E-state index contributed by atoms with van der Waals surface area (Å²) in [6.45, 7) is 10.0. The summed E-state index contributed by atoms with van der Waals surface area (Å²) in [7, 11) is 4.45. The van der Waals surface area contributed by atoms with Crippen LogP contribution in [0, 0.1) is 0 Å². The maximum Gasteiger partial charge on any atom is 0.585 e. The summed E-state index contributed by atoms with van der Waals surface area (Å²) in [6.07, 6.45) is -0.131. The van der Waals surface area contributed by atoms with Crippen LogP contribution >= 0.6 is 40.7 Å². The first kappa shape index (κ1) is 24.0. The fourth-order valence-corrected chi connectivity index (χ4v) is 15.0. The minimum Gasteiger partial charge on any atom is -0.465 e. The molecule has 0 aliphatic heterocycles. The normalized spacial score (nSPS) is 10.9. The van der Waals surface area contributed by atoms with Crippen molar-refractivity contribution in [2.45, 2.75) is 34.1 Å². The first-order valence-corrected chi connectivity index (χ1v) is 14.0. The van der Waals surface area contributed by atoms with Gasteiger partial charge >= 0.3 is 14.0 Å². The Balaban J connectivity index is 0. The molecule has 0 fully saturated rings. The Kier molecular flexibility index (Phi) is 19.6. The van der Waals surface area contributed by atoms with E-state index in [1.54, 1.807) is 29.9 Å². The second-order valence-electron chi connectivity index (χ2n) is 3.18. The van der Waals surface area contributed by atoms with E-state index in [2.05, 4.69) is 12.7 Å². The van der Waals surface area contributed by atoms with Gasteiger partial charge in [-0.2, -0.15) is 0 Å². The van der Waals surface area contributed by atoms with Crippen LogP contribution in [0.5, 0.6) is 0 Å². The third-order valence-corrected chi connectivity index (χ3v) is 14.4. The van der Waals surface area contributed by atoms with Crippen molar-refractivity contribution in [1.82, 2.24) is 0 Å². The molecule has 0 spiro atoms. The number of primary amides is 1. The lowest BCUT2D eigenvalue weighted by molar-refractivity contribution is 0.0971. The molecule has 0 bridgehead atoms. The molecule has 0 aromatic heterocycles. The van der Waals surface area contributed by atoms with E-state index < -0.39 is 14.0 Å². The highest BCUT2D eigenvalue weighted by molar-refractivity contribution is 9.28. The molecule has 21 heavy (non-hydrogen) atoms. The van der Waals surface area contributed by atoms with Crippen LogP contribution in [0.15, 0.2) is 0 Å². The molecular formula is C10H25NO5S4Si. The number of amides is 1. The van der Waals surface area contributed by atoms with Gasteiger partial charge in [0.25, 0.3) is 0 Å². The van der Waals surface area contributed by atoms with E-state index in [0.717, 1.165) is 0 Å². The van der Waals surface area contributed by atoms with E-state index in [1.165, 1.54) is 12.2 Å². The van der Waals surface area contributed by atoms with E-state index in [1.807, 2.05) is 31.6 Å². The number of carbonyl (C=O) groups is 1. The Morgan fingerprint density at radius 1 is 1.05 bits per heavy atom. The van der Waals surface area contributed by atoms with Crippen molar-refractivity contribution in [3.63, 3.8) is 0 Å². The van der Waals surface area contributed by atoms with Gasteiger partial charge in [0.1, 0.15) is 0 Å². The molecule has 0 radical (unpaired) electrons. The van der Waals surface area contributed by atoms with Crippen LogP contribution in [0.2, 0.25) is 0 Å². The smallest absolute Gasteiger partial charge is 0.465 e. The van der Waals surface area contributed by atoms with Crippen LogP contribution in [-0.4, -0.2) is 44.7 Å². The summed E-state index contributed by atoms with van der Waals surface area (Å²) in [4.78, 5) is 8.78. The van der Waals surface area contributed by atoms with Gasteiger partial charge < -0.3 is 24.1 Å². The SMILES string of the molecule is CCCSSSS[Si](OCC)(OCC)OCC.NC(=O)O. The van der Waals surface area contributed by atoms with Gasteiger partial charge in [0, 0.05) is 25.6 Å². The highest BCUT2D eigenvalue weighted by Crippen LogP contribution is 2.48. The predicted molar refractivity (Wildman–Crippen MR) is 98.4 cm³/mol. The van der Waals surface area contributed by atoms with E-state index in [9.17, 15) is 0 Å². The van der Waals surface area contributed by atoms with E-state index >= 15 is 0 Å². The third-order valence-electron chi connectivity index (χ3n) is 1.46. The van der Waals surface area contributed by atoms with Crippen LogP contribution in [-0.2, 0) is 13.3 Å². The lowest BCUT2D eigenvalue weighted by atomic mass is 10.6. The zero-order valence-corrected chi connectivity index (χ0v) is 17.1. The first-order chi connectivity index (χ1) is 9.97. The Morgan fingerprint density at radius 3 is 1.81 bits per heavy atom. The van der Waals surface area contributed by atoms with Crippen LogP contribution < -0.4 is 5.73 Å². The van der Waals surface area contributed by atoms with E-state index in [0.29, 0.717) is 19.8 Å². The predicted octanol–water partition coefficient (Wildman–Crippen LogP) is 4.24. The van der Waals surface area contributed by atoms with Crippen molar-refractivity contribution < 1.29 is 23.2 Å². The fourth-order valence-electron chi connectivity index (χ4n) is 0.920. The molecule has 6 nitrogen and oxygen atoms in total. The second kappa shape index (κ2) is 17.1. The van der Waals surface area contributed by atoms with Gasteiger partial charge in [0.05, 0.1) is 0 Å². The van der Waals surface area contributed by atoms with Crippen molar-refractivity contribution in [3.8, 4) is 0 Å². The molecule has 0 aromatic rings. The lowest BCUT2D eigenvalue weighted by Gasteiger charge is -2.25. The summed E-state index contributed by atoms with van der Waals surface area (Å²) in [5.74, 6) is 1.17. The Hall–Kier alpha value is 0.767. The maximum atomic E-state index is 8.78. The molecule has 0 saturated heterocycles. The third kappa shape index (κ3) is 17.0. The van der Waals surface area contributed by atoms with Gasteiger partial charge in [-0.25, -0.2) is 4.79 Å². The van der Waals surface area contributed by atoms with Gasteiger partial charge in [-0.3, -0.25) is 0 Å². The number of hydrogen-bond donors (Lipinski definition) is 2. The van der Waals surface area contributed by atoms with Gasteiger partial charge in [0.2, 0.25) is 0 Å². The van der Waals surface area contributed by atoms with Gasteiger partial charge in [0.15, 0.2) is 0 Å². The van der Waals surface area contributed by atoms with Crippen LogP contribution in [0.3, 0.4) is 0 Å². The van der Waals surface area contributed by atoms with E-state index in [-0.39, 0.29) is 0 Å². The average Bonchev–Trinajstić information content (AvgIpc) is 2.39. The molecule has 0 aliphatic rings. The van der Waals surface area contributed by atoms with Gasteiger partial charge in [-0.15, -0.1) is 0 Å². The molecule has 1 amide bonds. The van der Waals surface area contributed by atoms with Crippen molar-refractivity contribution in [1.29, 1.82) is 0 Å². The number of carboxylic acid groups (broad SMARTS) is 1. The van der Waals surface area contributed by atoms with Crippen LogP contribution in [0.1, 0.15) is 34.1 Å². The first-order valence-electron chi connectivity index (χ1n) is 6.52. The molecule has 0 heterocycles. The molecule has 0 saturated carbocycles. The summed E-state index contributed by atoms with van der Waals surface area (Å²) >= 11 is 0. The molecule has 0 atom stereocenters. The largest absolute Gasteiger partial charge is 0.585 e. The molecular weight excluding hydrogens is 370 g/mol. The van der Waals surface area contributed by atoms with Crippen molar-refractivity contribution in [2.75, 3.05) is 25.6 Å². The monoisotopic (exact) mass is 395 g/mol. The minimum absolute atomic E-state index is 0.631. The molecule has 3 N–H and O–H groups in total. The van der Waals surface area contributed by atoms with Crippen LogP contribution in [0.4, 0.5) is 4.79 Å². The Bertz CT molecular complexity index is 232. The topological polar surface area (TPSA) is 91.0 Å². The van der Waals surface area contributed by atoms with Crippen LogP contribution in [0.25, 0.3) is 0 Å². The minimum atomic E-state index is -2.51. The second-order valence-corrected chi connectivity index (χ2v) is 13.6. The zero-order valence-electron chi connectivity index (χ0n) is 12.8. The molecule has 11 heteroatoms. The molecule has 0 aromatic carbocycles. The molecule has 0 rings (SSSR count). The number of rotatable bonds is 12. The summed E-state index contributed by atoms with van der Waals surface area (Å²) in [5.41, 5.74) is 4.03. The fraction of sp³-hybridized carbons (Fsp3) is 0.900. The van der Waals surface area contributed by atoms with Crippen molar-refractivity contribution >= 4 is 54.7 Å². The standard InChI is InChI=1S/C9H22O3S4Si.CH3NO2/c1-5-9-13-14-15-16-17(10-6-2,11-7-3)12-8-4;2-1(3)4/h5-9H2,1-4H3;2H2,(H,3,4). The zero-order chi connectivity index (χ0) is 16.6. The van der Waals surface area contributed by atoms with Crippen molar-refractivity contribution in [3.05, 3.63) is 0 Å². The Labute approximate surface area is 143 Å². The van der Waals surface area contributed by atoms with Gasteiger partial charge in [-0.05, 0) is 57.1 Å². The maximum absolute atomic E-state index is 8.78. The van der Waals surface area contributed by atoms with E-state index in [4.69, 9.17) is 23.2 Å². The molecule has 0 unspecified atom stereocenters. The average molecular weight is 396 g/mol. The number of hydrogen-bond acceptors (Lipinski definition) is 8. The summed E-state index contributed by atoms with van der Waals surface area (Å²) in [6, 6.07) is 0. The lowest BCUT2D eigenvalue weighted by Crippen LogP contribution is -2.42. The molecule has 128 valence electrons. The number of nitrogens with two attached hydrogens (primary N) is 1. The quantitative estimate of drug-likeness (QED) is 0.286. The summed E-state index contributed by atoms with van der Waals surface area (Å²) in [5, 5.41) is 7.19. The summed E-state index contributed by atoms with van der Waals surface area (Å²) < 4.78 is 17.2. The van der Waals surface area contributed by atoms with Gasteiger partial charge in [-0.1, -0.05) is 17.7 Å². The highest BCUT2D eigenvalue weighted by Gasteiger charge is 2.43. The highest BCUT2D eigenvalue weighted by atomic mass is 33.7. The molecule has 0 aliphatic carbocycles. The van der Waals surface area contributed by atoms with Crippen molar-refractivity contribution in [2.24, 2.45) is 5.73 Å².